The Morgan fingerprint density at radius 1 is 0.765 bits per heavy atom. The Hall–Kier alpha value is -0.360. The molecular formula is C11H24N4S2. The zero-order valence-electron chi connectivity index (χ0n) is 11.2. The molecule has 0 aliphatic carbocycles. The fourth-order valence-electron chi connectivity index (χ4n) is 1.35. The maximum Gasteiger partial charge on any atom is 0.157 e. The van der Waals surface area contributed by atoms with E-state index >= 15 is 0 Å². The lowest BCUT2D eigenvalue weighted by Crippen LogP contribution is -2.29. The number of hydrogen-bond acceptors (Lipinski definition) is 4. The Morgan fingerprint density at radius 3 is 1.29 bits per heavy atom. The van der Waals surface area contributed by atoms with E-state index in [-0.39, 0.29) is 0 Å². The van der Waals surface area contributed by atoms with Crippen LogP contribution >= 0.6 is 23.5 Å². The van der Waals surface area contributed by atoms with Gasteiger partial charge in [-0.15, -0.1) is 0 Å². The Bertz CT molecular complexity index is 214. The monoisotopic (exact) mass is 276 g/mol. The summed E-state index contributed by atoms with van der Waals surface area (Å²) in [5, 5.41) is 17.7. The van der Waals surface area contributed by atoms with Crippen molar-refractivity contribution in [3.8, 4) is 0 Å². The predicted octanol–water partition coefficient (Wildman–Crippen LogP) is 2.96. The fraction of sp³-hybridized carbons (Fsp3) is 0.818. The normalized spacial score (nSPS) is 10.1. The second kappa shape index (κ2) is 9.65. The smallest absolute Gasteiger partial charge is 0.157 e. The molecule has 100 valence electrons. The Labute approximate surface area is 114 Å². The molecule has 0 aliphatic heterocycles. The molecule has 0 fully saturated rings. The largest absolute Gasteiger partial charge is 0.352 e. The lowest BCUT2D eigenvalue weighted by Gasteiger charge is -2.22. The molecule has 0 radical (unpaired) electrons. The summed E-state index contributed by atoms with van der Waals surface area (Å²) in [7, 11) is 0. The molecule has 0 aliphatic rings. The molecule has 0 bridgehead atoms. The first-order chi connectivity index (χ1) is 8.10. The van der Waals surface area contributed by atoms with Crippen molar-refractivity contribution < 1.29 is 0 Å². The summed E-state index contributed by atoms with van der Waals surface area (Å²) >= 11 is 3.01. The van der Waals surface area contributed by atoms with Gasteiger partial charge in [-0.1, -0.05) is 23.5 Å². The fourth-order valence-corrected chi connectivity index (χ4v) is 3.36. The molecule has 0 saturated carbocycles. The molecule has 17 heavy (non-hydrogen) atoms. The van der Waals surface area contributed by atoms with Gasteiger partial charge in [0, 0.05) is 26.2 Å². The van der Waals surface area contributed by atoms with E-state index in [1.54, 1.807) is 0 Å². The zero-order chi connectivity index (χ0) is 13.3. The van der Waals surface area contributed by atoms with Gasteiger partial charge >= 0.3 is 0 Å². The average Bonchev–Trinajstić information content (AvgIpc) is 2.32. The molecule has 6 heteroatoms. The summed E-state index contributed by atoms with van der Waals surface area (Å²) in [5.41, 5.74) is 0. The minimum atomic E-state index is 0.606. The van der Waals surface area contributed by atoms with E-state index in [2.05, 4.69) is 27.7 Å². The number of amidine groups is 2. The van der Waals surface area contributed by atoms with E-state index in [4.69, 9.17) is 10.8 Å². The highest BCUT2D eigenvalue weighted by molar-refractivity contribution is 8.28. The Kier molecular flexibility index (Phi) is 9.44. The summed E-state index contributed by atoms with van der Waals surface area (Å²) in [6.07, 6.45) is 0. The highest BCUT2D eigenvalue weighted by Gasteiger charge is 2.09. The average molecular weight is 276 g/mol. The molecule has 0 rings (SSSR count). The van der Waals surface area contributed by atoms with Crippen molar-refractivity contribution in [2.24, 2.45) is 0 Å². The molecule has 0 aromatic rings. The van der Waals surface area contributed by atoms with Gasteiger partial charge in [-0.05, 0) is 27.7 Å². The summed E-state index contributed by atoms with van der Waals surface area (Å²) in [6, 6.07) is 0. The number of thioether (sulfide) groups is 2. The van der Waals surface area contributed by atoms with Crippen LogP contribution in [0, 0.1) is 10.8 Å². The first-order valence-electron chi connectivity index (χ1n) is 6.03. The van der Waals surface area contributed by atoms with Gasteiger partial charge < -0.3 is 9.80 Å². The predicted molar refractivity (Wildman–Crippen MR) is 81.3 cm³/mol. The van der Waals surface area contributed by atoms with Crippen molar-refractivity contribution in [2.45, 2.75) is 27.7 Å². The van der Waals surface area contributed by atoms with Gasteiger partial charge in [-0.25, -0.2) is 0 Å². The molecule has 0 heterocycles. The first kappa shape index (κ1) is 16.6. The third-order valence-electron chi connectivity index (χ3n) is 2.49. The lowest BCUT2D eigenvalue weighted by atomic mass is 10.6. The maximum absolute atomic E-state index is 7.88. The van der Waals surface area contributed by atoms with Gasteiger partial charge in [-0.3, -0.25) is 10.8 Å². The van der Waals surface area contributed by atoms with Gasteiger partial charge in [0.1, 0.15) is 0 Å². The number of rotatable bonds is 6. The molecule has 0 atom stereocenters. The second-order valence-corrected chi connectivity index (χ2v) is 5.65. The van der Waals surface area contributed by atoms with E-state index in [1.165, 1.54) is 23.5 Å². The van der Waals surface area contributed by atoms with Gasteiger partial charge in [0.05, 0.1) is 5.08 Å². The van der Waals surface area contributed by atoms with Gasteiger partial charge in [0.2, 0.25) is 0 Å². The minimum Gasteiger partial charge on any atom is -0.352 e. The third kappa shape index (κ3) is 6.21. The summed E-state index contributed by atoms with van der Waals surface area (Å²) in [6.45, 7) is 11.7. The van der Waals surface area contributed by atoms with Gasteiger partial charge in [-0.2, -0.15) is 0 Å². The molecule has 4 nitrogen and oxygen atoms in total. The standard InChI is InChI=1S/C11H24N4S2/c1-5-14(6-2)10(12)16-9-17-11(13)15(7-3)8-4/h12-13H,5-9H2,1-4H3. The van der Waals surface area contributed by atoms with Crippen LogP contribution in [-0.4, -0.2) is 51.4 Å². The Morgan fingerprint density at radius 2 is 1.06 bits per heavy atom. The van der Waals surface area contributed by atoms with Crippen molar-refractivity contribution in [2.75, 3.05) is 31.3 Å². The highest BCUT2D eigenvalue weighted by Crippen LogP contribution is 2.17. The van der Waals surface area contributed by atoms with Crippen LogP contribution in [0.15, 0.2) is 0 Å². The molecule has 0 amide bonds. The quantitative estimate of drug-likeness (QED) is 0.445. The van der Waals surface area contributed by atoms with Crippen LogP contribution in [0.1, 0.15) is 27.7 Å². The van der Waals surface area contributed by atoms with Crippen LogP contribution in [0.4, 0.5) is 0 Å². The zero-order valence-corrected chi connectivity index (χ0v) is 12.9. The molecule has 2 N–H and O–H groups in total. The summed E-state index contributed by atoms with van der Waals surface area (Å²) < 4.78 is 0. The van der Waals surface area contributed by atoms with Crippen LogP contribution in [-0.2, 0) is 0 Å². The molecule has 0 aromatic carbocycles. The molecule has 0 saturated heterocycles. The lowest BCUT2D eigenvalue weighted by molar-refractivity contribution is 0.472. The maximum atomic E-state index is 7.88. The van der Waals surface area contributed by atoms with E-state index in [9.17, 15) is 0 Å². The van der Waals surface area contributed by atoms with Crippen molar-refractivity contribution in [3.63, 3.8) is 0 Å². The van der Waals surface area contributed by atoms with Crippen LogP contribution in [0.5, 0.6) is 0 Å². The molecule has 0 unspecified atom stereocenters. The SMILES string of the molecule is CCN(CC)C(=N)SCSC(=N)N(CC)CC. The minimum absolute atomic E-state index is 0.606. The Balaban J connectivity index is 3.90. The van der Waals surface area contributed by atoms with Gasteiger partial charge in [0.25, 0.3) is 0 Å². The van der Waals surface area contributed by atoms with E-state index in [0.717, 1.165) is 31.3 Å². The van der Waals surface area contributed by atoms with Gasteiger partial charge in [0.15, 0.2) is 10.3 Å². The van der Waals surface area contributed by atoms with E-state index < -0.39 is 0 Å². The number of nitrogens with zero attached hydrogens (tertiary/aromatic N) is 2. The highest BCUT2D eigenvalue weighted by atomic mass is 32.2. The van der Waals surface area contributed by atoms with Crippen LogP contribution in [0.3, 0.4) is 0 Å². The first-order valence-corrected chi connectivity index (χ1v) is 8.00. The van der Waals surface area contributed by atoms with Crippen LogP contribution in [0.2, 0.25) is 0 Å². The number of nitrogens with one attached hydrogen (secondary N) is 2. The summed E-state index contributed by atoms with van der Waals surface area (Å²) in [4.78, 5) is 4.04. The van der Waals surface area contributed by atoms with Crippen molar-refractivity contribution >= 4 is 33.9 Å². The molecule has 0 aromatic heterocycles. The topological polar surface area (TPSA) is 54.2 Å². The van der Waals surface area contributed by atoms with Crippen molar-refractivity contribution in [1.82, 2.24) is 9.80 Å². The van der Waals surface area contributed by atoms with E-state index in [1.807, 2.05) is 9.80 Å². The third-order valence-corrected chi connectivity index (χ3v) is 4.50. The van der Waals surface area contributed by atoms with Crippen LogP contribution < -0.4 is 0 Å². The van der Waals surface area contributed by atoms with E-state index in [0.29, 0.717) is 10.3 Å². The second-order valence-electron chi connectivity index (χ2n) is 3.36. The van der Waals surface area contributed by atoms with Crippen molar-refractivity contribution in [1.29, 1.82) is 10.8 Å². The van der Waals surface area contributed by atoms with Crippen LogP contribution in [0.25, 0.3) is 0 Å². The molecule has 0 spiro atoms. The summed E-state index contributed by atoms with van der Waals surface area (Å²) in [5.74, 6) is 0. The van der Waals surface area contributed by atoms with Crippen molar-refractivity contribution in [3.05, 3.63) is 0 Å². The number of hydrogen-bond donors (Lipinski definition) is 2. The molecular weight excluding hydrogens is 252 g/mol.